The highest BCUT2D eigenvalue weighted by Crippen LogP contribution is 2.53. The Kier molecular flexibility index (Phi) is 2.12. The van der Waals surface area contributed by atoms with Crippen molar-refractivity contribution < 1.29 is 5.11 Å². The first-order valence-electron chi connectivity index (χ1n) is 4.91. The van der Waals surface area contributed by atoms with Gasteiger partial charge in [-0.15, -0.1) is 0 Å². The Morgan fingerprint density at radius 1 is 1.23 bits per heavy atom. The molecular weight excluding hydrogens is 160 g/mol. The molecule has 1 aliphatic rings. The Morgan fingerprint density at radius 2 is 1.85 bits per heavy atom. The summed E-state index contributed by atoms with van der Waals surface area (Å²) in [5.74, 6) is 1.76. The van der Waals surface area contributed by atoms with E-state index >= 15 is 0 Å². The van der Waals surface area contributed by atoms with E-state index in [1.165, 1.54) is 11.1 Å². The van der Waals surface area contributed by atoms with E-state index in [9.17, 15) is 0 Å². The second-order valence-corrected chi connectivity index (χ2v) is 4.14. The van der Waals surface area contributed by atoms with E-state index in [2.05, 4.69) is 38.1 Å². The van der Waals surface area contributed by atoms with Crippen LogP contribution in [0.3, 0.4) is 0 Å². The van der Waals surface area contributed by atoms with Crippen molar-refractivity contribution in [2.24, 2.45) is 11.8 Å². The van der Waals surface area contributed by atoms with Gasteiger partial charge in [0.05, 0.1) is 0 Å². The predicted octanol–water partition coefficient (Wildman–Crippen LogP) is 2.34. The van der Waals surface area contributed by atoms with Gasteiger partial charge in [-0.2, -0.15) is 0 Å². The van der Waals surface area contributed by atoms with Crippen LogP contribution in [0.25, 0.3) is 0 Å². The van der Waals surface area contributed by atoms with Gasteiger partial charge in [0.25, 0.3) is 0 Å². The van der Waals surface area contributed by atoms with Crippen LogP contribution in [0.4, 0.5) is 0 Å². The average Bonchev–Trinajstić information content (AvgIpc) is 2.78. The number of rotatable bonds is 2. The Balaban J connectivity index is 2.15. The summed E-state index contributed by atoms with van der Waals surface area (Å²) in [6, 6.07) is 8.67. The lowest BCUT2D eigenvalue weighted by atomic mass is 10.1. The van der Waals surface area contributed by atoms with E-state index in [4.69, 9.17) is 5.11 Å². The number of aliphatic hydroxyl groups excluding tert-OH is 1. The maximum Gasteiger partial charge on any atom is 0.0467 e. The van der Waals surface area contributed by atoms with Crippen molar-refractivity contribution in [3.8, 4) is 0 Å². The standard InChI is InChI=1S/C12H16O/c1-8-3-5-10(6-4-8)12-9(2)11(12)7-13/h3-6,9,11-13H,7H2,1-2H3/t9-,11-,12+/m0/s1. The van der Waals surface area contributed by atoms with E-state index < -0.39 is 0 Å². The van der Waals surface area contributed by atoms with Crippen molar-refractivity contribution in [1.82, 2.24) is 0 Å². The maximum atomic E-state index is 9.06. The molecule has 0 aliphatic heterocycles. The summed E-state index contributed by atoms with van der Waals surface area (Å²) < 4.78 is 0. The Labute approximate surface area is 79.4 Å². The zero-order valence-electron chi connectivity index (χ0n) is 8.20. The molecule has 1 fully saturated rings. The number of aliphatic hydroxyl groups is 1. The fourth-order valence-corrected chi connectivity index (χ4v) is 2.16. The summed E-state index contributed by atoms with van der Waals surface area (Å²) in [6.07, 6.45) is 0. The molecular formula is C12H16O. The smallest absolute Gasteiger partial charge is 0.0467 e. The molecule has 0 spiro atoms. The van der Waals surface area contributed by atoms with Crippen molar-refractivity contribution in [1.29, 1.82) is 0 Å². The summed E-state index contributed by atoms with van der Waals surface area (Å²) in [4.78, 5) is 0. The Hall–Kier alpha value is -0.820. The van der Waals surface area contributed by atoms with Crippen molar-refractivity contribution in [3.05, 3.63) is 35.4 Å². The van der Waals surface area contributed by atoms with Gasteiger partial charge in [0, 0.05) is 6.61 Å². The van der Waals surface area contributed by atoms with Gasteiger partial charge >= 0.3 is 0 Å². The number of aryl methyl sites for hydroxylation is 1. The topological polar surface area (TPSA) is 20.2 Å². The first kappa shape index (κ1) is 8.76. The molecule has 1 N–H and O–H groups in total. The Bertz CT molecular complexity index is 288. The van der Waals surface area contributed by atoms with Gasteiger partial charge in [0.1, 0.15) is 0 Å². The molecule has 0 aromatic heterocycles. The minimum absolute atomic E-state index is 0.333. The van der Waals surface area contributed by atoms with Crippen LogP contribution in [-0.2, 0) is 0 Å². The van der Waals surface area contributed by atoms with Gasteiger partial charge in [0.2, 0.25) is 0 Å². The van der Waals surface area contributed by atoms with Crippen molar-refractivity contribution >= 4 is 0 Å². The van der Waals surface area contributed by atoms with Crippen LogP contribution >= 0.6 is 0 Å². The molecule has 0 radical (unpaired) electrons. The molecule has 0 heterocycles. The molecule has 0 saturated heterocycles. The highest BCUT2D eigenvalue weighted by Gasteiger charge is 2.46. The fraction of sp³-hybridized carbons (Fsp3) is 0.500. The lowest BCUT2D eigenvalue weighted by molar-refractivity contribution is 0.268. The van der Waals surface area contributed by atoms with Crippen LogP contribution in [0.2, 0.25) is 0 Å². The van der Waals surface area contributed by atoms with E-state index in [1.54, 1.807) is 0 Å². The third-order valence-corrected chi connectivity index (χ3v) is 3.24. The van der Waals surface area contributed by atoms with Gasteiger partial charge in [-0.3, -0.25) is 0 Å². The van der Waals surface area contributed by atoms with Crippen molar-refractivity contribution in [2.45, 2.75) is 19.8 Å². The second-order valence-electron chi connectivity index (χ2n) is 4.14. The summed E-state index contributed by atoms with van der Waals surface area (Å²) in [7, 11) is 0. The van der Waals surface area contributed by atoms with Gasteiger partial charge in [-0.05, 0) is 30.2 Å². The molecule has 1 aliphatic carbocycles. The van der Waals surface area contributed by atoms with Crippen LogP contribution in [0, 0.1) is 18.8 Å². The molecule has 0 unspecified atom stereocenters. The van der Waals surface area contributed by atoms with Gasteiger partial charge in [-0.25, -0.2) is 0 Å². The highest BCUT2D eigenvalue weighted by molar-refractivity contribution is 5.30. The monoisotopic (exact) mass is 176 g/mol. The first-order chi connectivity index (χ1) is 6.24. The second kappa shape index (κ2) is 3.15. The Morgan fingerprint density at radius 3 is 2.31 bits per heavy atom. The SMILES string of the molecule is Cc1ccc([C@H]2[C@@H](C)[C@@H]2CO)cc1. The lowest BCUT2D eigenvalue weighted by Gasteiger charge is -1.99. The molecule has 0 bridgehead atoms. The molecule has 3 atom stereocenters. The van der Waals surface area contributed by atoms with Crippen LogP contribution in [0.15, 0.2) is 24.3 Å². The van der Waals surface area contributed by atoms with Crippen molar-refractivity contribution in [2.75, 3.05) is 6.61 Å². The number of hydrogen-bond acceptors (Lipinski definition) is 1. The summed E-state index contributed by atoms with van der Waals surface area (Å²) in [6.45, 7) is 4.65. The predicted molar refractivity (Wildman–Crippen MR) is 53.7 cm³/mol. The van der Waals surface area contributed by atoms with E-state index in [0.717, 1.165) is 0 Å². The molecule has 1 aromatic rings. The van der Waals surface area contributed by atoms with Crippen LogP contribution < -0.4 is 0 Å². The van der Waals surface area contributed by atoms with Crippen molar-refractivity contribution in [3.63, 3.8) is 0 Å². The largest absolute Gasteiger partial charge is 0.396 e. The first-order valence-corrected chi connectivity index (χ1v) is 4.91. The zero-order valence-corrected chi connectivity index (χ0v) is 8.20. The average molecular weight is 176 g/mol. The molecule has 1 heteroatoms. The third-order valence-electron chi connectivity index (χ3n) is 3.24. The summed E-state index contributed by atoms with van der Waals surface area (Å²) >= 11 is 0. The quantitative estimate of drug-likeness (QED) is 0.733. The molecule has 2 rings (SSSR count). The minimum Gasteiger partial charge on any atom is -0.396 e. The van der Waals surface area contributed by atoms with Gasteiger partial charge < -0.3 is 5.11 Å². The maximum absolute atomic E-state index is 9.06. The van der Waals surface area contributed by atoms with E-state index in [1.807, 2.05) is 0 Å². The minimum atomic E-state index is 0.333. The van der Waals surface area contributed by atoms with Crippen LogP contribution in [0.1, 0.15) is 24.0 Å². The fourth-order valence-electron chi connectivity index (χ4n) is 2.16. The molecule has 13 heavy (non-hydrogen) atoms. The van der Waals surface area contributed by atoms with Gasteiger partial charge in [0.15, 0.2) is 0 Å². The molecule has 1 aromatic carbocycles. The molecule has 70 valence electrons. The molecule has 1 saturated carbocycles. The molecule has 1 nitrogen and oxygen atoms in total. The number of benzene rings is 1. The lowest BCUT2D eigenvalue weighted by Crippen LogP contribution is -1.88. The van der Waals surface area contributed by atoms with E-state index in [-0.39, 0.29) is 0 Å². The summed E-state index contributed by atoms with van der Waals surface area (Å²) in [5.41, 5.74) is 2.69. The van der Waals surface area contributed by atoms with Gasteiger partial charge in [-0.1, -0.05) is 36.8 Å². The molecule has 0 amide bonds. The van der Waals surface area contributed by atoms with Crippen LogP contribution in [0.5, 0.6) is 0 Å². The zero-order chi connectivity index (χ0) is 9.42. The van der Waals surface area contributed by atoms with E-state index in [0.29, 0.717) is 24.4 Å². The third kappa shape index (κ3) is 1.49. The summed E-state index contributed by atoms with van der Waals surface area (Å²) in [5, 5.41) is 9.06. The van der Waals surface area contributed by atoms with Crippen LogP contribution in [-0.4, -0.2) is 11.7 Å². The highest BCUT2D eigenvalue weighted by atomic mass is 16.3. The normalized spacial score (nSPS) is 31.8. The number of hydrogen-bond donors (Lipinski definition) is 1.